The van der Waals surface area contributed by atoms with E-state index in [1.54, 1.807) is 50.7 Å². The molecule has 0 aliphatic heterocycles. The van der Waals surface area contributed by atoms with E-state index in [0.717, 1.165) is 10.6 Å². The van der Waals surface area contributed by atoms with Gasteiger partial charge in [0.1, 0.15) is 0 Å². The zero-order valence-corrected chi connectivity index (χ0v) is 16.4. The van der Waals surface area contributed by atoms with Gasteiger partial charge in [-0.25, -0.2) is 4.98 Å². The number of thiazole rings is 1. The van der Waals surface area contributed by atoms with Crippen molar-refractivity contribution in [3.05, 3.63) is 63.6 Å². The second-order valence-electron chi connectivity index (χ2n) is 5.54. The van der Waals surface area contributed by atoms with Gasteiger partial charge in [-0.05, 0) is 30.3 Å². The van der Waals surface area contributed by atoms with E-state index in [2.05, 4.69) is 15.6 Å². The third-order valence-corrected chi connectivity index (χ3v) is 4.87. The van der Waals surface area contributed by atoms with Gasteiger partial charge in [0.05, 0.1) is 20.8 Å². The average Bonchev–Trinajstić information content (AvgIpc) is 3.11. The lowest BCUT2D eigenvalue weighted by molar-refractivity contribution is 0.102. The number of benzene rings is 2. The lowest BCUT2D eigenvalue weighted by Crippen LogP contribution is -2.12. The fourth-order valence-electron chi connectivity index (χ4n) is 2.44. The van der Waals surface area contributed by atoms with Crippen molar-refractivity contribution in [3.8, 4) is 11.5 Å². The number of aromatic nitrogens is 1. The Bertz CT molecular complexity index is 945. The fourth-order valence-corrected chi connectivity index (χ4v) is 3.36. The number of amides is 1. The van der Waals surface area contributed by atoms with E-state index in [9.17, 15) is 4.79 Å². The molecule has 1 aromatic heterocycles. The molecular formula is C19H18ClN3O3S. The lowest BCUT2D eigenvalue weighted by Gasteiger charge is -2.11. The van der Waals surface area contributed by atoms with E-state index in [1.165, 1.54) is 11.3 Å². The van der Waals surface area contributed by atoms with E-state index >= 15 is 0 Å². The molecule has 1 heterocycles. The highest BCUT2D eigenvalue weighted by molar-refractivity contribution is 7.15. The normalized spacial score (nSPS) is 10.3. The summed E-state index contributed by atoms with van der Waals surface area (Å²) in [4.78, 5) is 17.6. The molecule has 0 aliphatic carbocycles. The van der Waals surface area contributed by atoms with Crippen LogP contribution in [0.25, 0.3) is 0 Å². The van der Waals surface area contributed by atoms with Gasteiger partial charge in [-0.1, -0.05) is 17.7 Å². The van der Waals surface area contributed by atoms with Crippen molar-refractivity contribution in [2.75, 3.05) is 24.9 Å². The van der Waals surface area contributed by atoms with Crippen LogP contribution in [0.2, 0.25) is 4.47 Å². The van der Waals surface area contributed by atoms with Crippen LogP contribution < -0.4 is 20.1 Å². The Morgan fingerprint density at radius 3 is 2.63 bits per heavy atom. The summed E-state index contributed by atoms with van der Waals surface area (Å²) in [6.07, 6.45) is 1.73. The van der Waals surface area contributed by atoms with Crippen molar-refractivity contribution in [1.29, 1.82) is 0 Å². The predicted molar refractivity (Wildman–Crippen MR) is 108 cm³/mol. The highest BCUT2D eigenvalue weighted by Crippen LogP contribution is 2.30. The van der Waals surface area contributed by atoms with E-state index in [4.69, 9.17) is 21.1 Å². The summed E-state index contributed by atoms with van der Waals surface area (Å²) in [5.74, 6) is 0.936. The Hall–Kier alpha value is -2.77. The molecule has 0 saturated heterocycles. The first-order valence-electron chi connectivity index (χ1n) is 8.06. The molecule has 0 aliphatic rings. The van der Waals surface area contributed by atoms with Crippen molar-refractivity contribution in [3.63, 3.8) is 0 Å². The van der Waals surface area contributed by atoms with Gasteiger partial charge in [-0.15, -0.1) is 11.3 Å². The van der Waals surface area contributed by atoms with Gasteiger partial charge in [0.25, 0.3) is 5.91 Å². The Morgan fingerprint density at radius 2 is 1.93 bits per heavy atom. The van der Waals surface area contributed by atoms with E-state index < -0.39 is 0 Å². The molecule has 0 spiro atoms. The van der Waals surface area contributed by atoms with E-state index in [1.807, 2.05) is 12.1 Å². The average molecular weight is 404 g/mol. The van der Waals surface area contributed by atoms with Crippen molar-refractivity contribution < 1.29 is 14.3 Å². The zero-order chi connectivity index (χ0) is 19.2. The summed E-state index contributed by atoms with van der Waals surface area (Å²) in [6.45, 7) is 0.588. The number of halogens is 1. The van der Waals surface area contributed by atoms with Crippen molar-refractivity contribution >= 4 is 40.2 Å². The first-order valence-corrected chi connectivity index (χ1v) is 9.26. The Labute approximate surface area is 166 Å². The second kappa shape index (κ2) is 8.75. The molecule has 0 saturated carbocycles. The number of hydrogen-bond acceptors (Lipinski definition) is 6. The van der Waals surface area contributed by atoms with E-state index in [-0.39, 0.29) is 5.91 Å². The summed E-state index contributed by atoms with van der Waals surface area (Å²) in [7, 11) is 3.11. The molecule has 27 heavy (non-hydrogen) atoms. The monoisotopic (exact) mass is 403 g/mol. The highest BCUT2D eigenvalue weighted by Gasteiger charge is 2.10. The molecule has 0 bridgehead atoms. The predicted octanol–water partition coefficient (Wildman–Crippen LogP) is 4.68. The van der Waals surface area contributed by atoms with Crippen LogP contribution in [-0.2, 0) is 6.54 Å². The van der Waals surface area contributed by atoms with Gasteiger partial charge in [0.15, 0.2) is 16.0 Å². The number of methoxy groups -OCH3 is 2. The van der Waals surface area contributed by atoms with Gasteiger partial charge in [-0.2, -0.15) is 0 Å². The van der Waals surface area contributed by atoms with Gasteiger partial charge >= 0.3 is 0 Å². The number of carbonyl (C=O) groups is 1. The van der Waals surface area contributed by atoms with Gasteiger partial charge in [0, 0.05) is 34.1 Å². The molecule has 140 valence electrons. The van der Waals surface area contributed by atoms with Crippen molar-refractivity contribution in [2.45, 2.75) is 6.54 Å². The van der Waals surface area contributed by atoms with Crippen LogP contribution in [0.15, 0.2) is 48.7 Å². The van der Waals surface area contributed by atoms with Crippen LogP contribution in [0, 0.1) is 0 Å². The smallest absolute Gasteiger partial charge is 0.255 e. The molecular weight excluding hydrogens is 386 g/mol. The van der Waals surface area contributed by atoms with E-state index in [0.29, 0.717) is 33.8 Å². The van der Waals surface area contributed by atoms with Crippen LogP contribution in [0.3, 0.4) is 0 Å². The summed E-state index contributed by atoms with van der Waals surface area (Å²) < 4.78 is 11.0. The van der Waals surface area contributed by atoms with Crippen molar-refractivity contribution in [2.24, 2.45) is 0 Å². The third kappa shape index (κ3) is 4.90. The number of carbonyl (C=O) groups excluding carboxylic acids is 1. The number of hydrogen-bond donors (Lipinski definition) is 2. The summed E-state index contributed by atoms with van der Waals surface area (Å²) in [6, 6.07) is 12.5. The lowest BCUT2D eigenvalue weighted by atomic mass is 10.1. The number of anilines is 2. The van der Waals surface area contributed by atoms with Crippen LogP contribution in [0.4, 0.5) is 11.4 Å². The molecule has 6 nitrogen and oxygen atoms in total. The van der Waals surface area contributed by atoms with Crippen LogP contribution in [0.1, 0.15) is 15.2 Å². The standard InChI is InChI=1S/C19H18ClN3O3S/c1-25-16-7-6-14(9-17(16)26-2)23-18(24)12-4-3-5-13(8-12)21-10-15-11-22-19(20)27-15/h3-9,11,21H,10H2,1-2H3,(H,23,24). The first-order chi connectivity index (χ1) is 13.1. The topological polar surface area (TPSA) is 72.5 Å². The Morgan fingerprint density at radius 1 is 1.11 bits per heavy atom. The van der Waals surface area contributed by atoms with Crippen LogP contribution in [-0.4, -0.2) is 25.1 Å². The van der Waals surface area contributed by atoms with Crippen LogP contribution >= 0.6 is 22.9 Å². The molecule has 0 unspecified atom stereocenters. The third-order valence-electron chi connectivity index (χ3n) is 3.76. The summed E-state index contributed by atoms with van der Waals surface area (Å²) in [5.41, 5.74) is 1.99. The van der Waals surface area contributed by atoms with Gasteiger partial charge < -0.3 is 20.1 Å². The molecule has 0 atom stereocenters. The Kier molecular flexibility index (Phi) is 6.16. The van der Waals surface area contributed by atoms with Crippen LogP contribution in [0.5, 0.6) is 11.5 Å². The minimum absolute atomic E-state index is 0.216. The first kappa shape index (κ1) is 19.0. The maximum Gasteiger partial charge on any atom is 0.255 e. The largest absolute Gasteiger partial charge is 0.493 e. The van der Waals surface area contributed by atoms with Gasteiger partial charge in [-0.3, -0.25) is 4.79 Å². The fraction of sp³-hybridized carbons (Fsp3) is 0.158. The number of rotatable bonds is 7. The molecule has 3 aromatic rings. The molecule has 2 aromatic carbocycles. The zero-order valence-electron chi connectivity index (χ0n) is 14.8. The van der Waals surface area contributed by atoms with Crippen molar-refractivity contribution in [1.82, 2.24) is 4.98 Å². The minimum atomic E-state index is -0.216. The maximum absolute atomic E-state index is 12.6. The number of nitrogens with zero attached hydrogens (tertiary/aromatic N) is 1. The highest BCUT2D eigenvalue weighted by atomic mass is 35.5. The maximum atomic E-state index is 12.6. The molecule has 0 fully saturated rings. The second-order valence-corrected chi connectivity index (χ2v) is 7.24. The molecule has 3 rings (SSSR count). The Balaban J connectivity index is 1.68. The minimum Gasteiger partial charge on any atom is -0.493 e. The quantitative estimate of drug-likeness (QED) is 0.599. The SMILES string of the molecule is COc1ccc(NC(=O)c2cccc(NCc3cnc(Cl)s3)c2)cc1OC. The van der Waals surface area contributed by atoms with Gasteiger partial charge in [0.2, 0.25) is 0 Å². The molecule has 2 N–H and O–H groups in total. The molecule has 1 amide bonds. The summed E-state index contributed by atoms with van der Waals surface area (Å²) in [5, 5.41) is 6.12. The molecule has 0 radical (unpaired) electrons. The number of nitrogens with one attached hydrogen (secondary N) is 2. The molecule has 8 heteroatoms. The number of ether oxygens (including phenoxy) is 2. The summed E-state index contributed by atoms with van der Waals surface area (Å²) >= 11 is 7.25.